The Morgan fingerprint density at radius 3 is 2.94 bits per heavy atom. The number of carbonyl (C=O) groups is 1. The van der Waals surface area contributed by atoms with E-state index in [1.54, 1.807) is 13.0 Å². The molecule has 0 aliphatic rings. The molecule has 0 atom stereocenters. The molecule has 0 saturated heterocycles. The zero-order chi connectivity index (χ0) is 13.1. The van der Waals surface area contributed by atoms with E-state index in [1.165, 1.54) is 12.5 Å². The summed E-state index contributed by atoms with van der Waals surface area (Å²) in [4.78, 5) is 14.9. The summed E-state index contributed by atoms with van der Waals surface area (Å²) in [6.45, 7) is 1.82. The third-order valence-corrected chi connectivity index (χ3v) is 2.68. The van der Waals surface area contributed by atoms with E-state index < -0.39 is 5.97 Å². The second-order valence-electron chi connectivity index (χ2n) is 3.54. The molecule has 6 nitrogen and oxygen atoms in total. The van der Waals surface area contributed by atoms with Gasteiger partial charge in [-0.1, -0.05) is 21.1 Å². The van der Waals surface area contributed by atoms with Crippen LogP contribution in [0.3, 0.4) is 0 Å². The van der Waals surface area contributed by atoms with Crippen molar-refractivity contribution in [3.8, 4) is 5.75 Å². The number of nitrogens with zero attached hydrogens (tertiary/aromatic N) is 2. The predicted molar refractivity (Wildman–Crippen MR) is 64.5 cm³/mol. The van der Waals surface area contributed by atoms with E-state index in [2.05, 4.69) is 30.6 Å². The number of rotatable bonds is 4. The van der Waals surface area contributed by atoms with Gasteiger partial charge in [-0.15, -0.1) is 0 Å². The maximum atomic E-state index is 11.1. The molecular formula is C11H9BrN2O4. The van der Waals surface area contributed by atoms with Gasteiger partial charge in [-0.05, 0) is 24.6 Å². The van der Waals surface area contributed by atoms with Gasteiger partial charge in [0, 0.05) is 4.47 Å². The van der Waals surface area contributed by atoms with E-state index in [0.717, 1.165) is 0 Å². The van der Waals surface area contributed by atoms with E-state index in [4.69, 9.17) is 9.84 Å². The van der Waals surface area contributed by atoms with Crippen LogP contribution in [0.1, 0.15) is 21.7 Å². The number of aromatic nitrogens is 2. The Labute approximate surface area is 111 Å². The average molecular weight is 313 g/mol. The van der Waals surface area contributed by atoms with Crippen molar-refractivity contribution < 1.29 is 19.2 Å². The van der Waals surface area contributed by atoms with E-state index >= 15 is 0 Å². The number of aromatic carboxylic acids is 1. The van der Waals surface area contributed by atoms with Crippen LogP contribution in [0, 0.1) is 6.92 Å². The zero-order valence-corrected chi connectivity index (χ0v) is 11.0. The fraction of sp³-hybridized carbons (Fsp3) is 0.182. The number of ether oxygens (including phenoxy) is 1. The molecule has 2 rings (SSSR count). The Hall–Kier alpha value is -1.89. The Morgan fingerprint density at radius 2 is 2.33 bits per heavy atom. The summed E-state index contributed by atoms with van der Waals surface area (Å²) in [5, 5.41) is 12.7. The standard InChI is InChI=1S/C11H9BrN2O4/c1-6-2-7(12)3-8(11(15)16)10(6)17-4-9-13-5-18-14-9/h2-3,5H,4H2,1H3,(H,15,16). The van der Waals surface area contributed by atoms with Crippen molar-refractivity contribution in [2.24, 2.45) is 0 Å². The van der Waals surface area contributed by atoms with Crippen LogP contribution >= 0.6 is 15.9 Å². The molecule has 1 heterocycles. The number of carboxylic acid groups (broad SMARTS) is 1. The third kappa shape index (κ3) is 2.67. The largest absolute Gasteiger partial charge is 0.484 e. The highest BCUT2D eigenvalue weighted by Gasteiger charge is 2.16. The van der Waals surface area contributed by atoms with Gasteiger partial charge in [0.05, 0.1) is 0 Å². The molecule has 18 heavy (non-hydrogen) atoms. The van der Waals surface area contributed by atoms with Crippen molar-refractivity contribution in [1.29, 1.82) is 0 Å². The van der Waals surface area contributed by atoms with Gasteiger partial charge in [0.25, 0.3) is 0 Å². The lowest BCUT2D eigenvalue weighted by molar-refractivity contribution is 0.0691. The van der Waals surface area contributed by atoms with Crippen molar-refractivity contribution in [1.82, 2.24) is 10.1 Å². The highest BCUT2D eigenvalue weighted by Crippen LogP contribution is 2.28. The molecular weight excluding hydrogens is 304 g/mol. The van der Waals surface area contributed by atoms with Gasteiger partial charge in [-0.25, -0.2) is 4.79 Å². The number of aryl methyl sites for hydroxylation is 1. The number of benzene rings is 1. The van der Waals surface area contributed by atoms with Crippen molar-refractivity contribution in [3.63, 3.8) is 0 Å². The van der Waals surface area contributed by atoms with Gasteiger partial charge in [-0.3, -0.25) is 0 Å². The van der Waals surface area contributed by atoms with Gasteiger partial charge in [0.15, 0.2) is 6.61 Å². The van der Waals surface area contributed by atoms with Crippen molar-refractivity contribution >= 4 is 21.9 Å². The Bertz CT molecular complexity index is 569. The monoisotopic (exact) mass is 312 g/mol. The van der Waals surface area contributed by atoms with Crippen molar-refractivity contribution in [2.75, 3.05) is 0 Å². The lowest BCUT2D eigenvalue weighted by Crippen LogP contribution is -2.06. The predicted octanol–water partition coefficient (Wildman–Crippen LogP) is 2.42. The topological polar surface area (TPSA) is 85.5 Å². The van der Waals surface area contributed by atoms with Crippen LogP contribution in [-0.2, 0) is 6.61 Å². The second kappa shape index (κ2) is 5.18. The average Bonchev–Trinajstić information content (AvgIpc) is 2.79. The molecule has 0 saturated carbocycles. The molecule has 0 aliphatic heterocycles. The lowest BCUT2D eigenvalue weighted by atomic mass is 10.1. The van der Waals surface area contributed by atoms with Crippen molar-refractivity contribution in [2.45, 2.75) is 13.5 Å². The van der Waals surface area contributed by atoms with E-state index in [-0.39, 0.29) is 12.2 Å². The Morgan fingerprint density at radius 1 is 1.56 bits per heavy atom. The Kier molecular flexibility index (Phi) is 3.61. The van der Waals surface area contributed by atoms with Crippen LogP contribution in [0.2, 0.25) is 0 Å². The van der Waals surface area contributed by atoms with Gasteiger partial charge in [0.2, 0.25) is 12.2 Å². The van der Waals surface area contributed by atoms with E-state index in [0.29, 0.717) is 21.6 Å². The summed E-state index contributed by atoms with van der Waals surface area (Å²) in [6.07, 6.45) is 1.19. The summed E-state index contributed by atoms with van der Waals surface area (Å²) < 4.78 is 10.7. The van der Waals surface area contributed by atoms with Gasteiger partial charge < -0.3 is 14.4 Å². The molecule has 7 heteroatoms. The first-order chi connectivity index (χ1) is 8.58. The summed E-state index contributed by atoms with van der Waals surface area (Å²) in [5.41, 5.74) is 0.802. The van der Waals surface area contributed by atoms with E-state index in [9.17, 15) is 4.79 Å². The minimum absolute atomic E-state index is 0.0548. The molecule has 0 unspecified atom stereocenters. The first-order valence-electron chi connectivity index (χ1n) is 4.99. The summed E-state index contributed by atoms with van der Waals surface area (Å²) in [7, 11) is 0. The number of halogens is 1. The smallest absolute Gasteiger partial charge is 0.339 e. The molecule has 0 aliphatic carbocycles. The van der Waals surface area contributed by atoms with Gasteiger partial charge in [-0.2, -0.15) is 4.98 Å². The number of hydrogen-bond acceptors (Lipinski definition) is 5. The van der Waals surface area contributed by atoms with Crippen LogP contribution in [0.25, 0.3) is 0 Å². The molecule has 1 aromatic heterocycles. The van der Waals surface area contributed by atoms with Crippen LogP contribution in [0.5, 0.6) is 5.75 Å². The van der Waals surface area contributed by atoms with Gasteiger partial charge in [0.1, 0.15) is 11.3 Å². The molecule has 1 N–H and O–H groups in total. The summed E-state index contributed by atoms with van der Waals surface area (Å²) in [5.74, 6) is -0.397. The second-order valence-corrected chi connectivity index (χ2v) is 4.46. The number of hydrogen-bond donors (Lipinski definition) is 1. The third-order valence-electron chi connectivity index (χ3n) is 2.22. The van der Waals surface area contributed by atoms with Crippen LogP contribution in [0.15, 0.2) is 27.5 Å². The lowest BCUT2D eigenvalue weighted by Gasteiger charge is -2.11. The molecule has 94 valence electrons. The summed E-state index contributed by atoms with van der Waals surface area (Å²) >= 11 is 3.25. The fourth-order valence-corrected chi connectivity index (χ4v) is 2.05. The normalized spacial score (nSPS) is 10.3. The minimum atomic E-state index is -1.05. The highest BCUT2D eigenvalue weighted by molar-refractivity contribution is 9.10. The molecule has 0 fully saturated rings. The molecule has 0 bridgehead atoms. The molecule has 2 aromatic rings. The minimum Gasteiger partial charge on any atom is -0.484 e. The summed E-state index contributed by atoms with van der Waals surface area (Å²) in [6, 6.07) is 3.26. The molecule has 1 aromatic carbocycles. The molecule has 0 amide bonds. The maximum Gasteiger partial charge on any atom is 0.339 e. The SMILES string of the molecule is Cc1cc(Br)cc(C(=O)O)c1OCc1ncon1. The van der Waals surface area contributed by atoms with Crippen molar-refractivity contribution in [3.05, 3.63) is 40.0 Å². The quantitative estimate of drug-likeness (QED) is 0.933. The fourth-order valence-electron chi connectivity index (χ4n) is 1.47. The van der Waals surface area contributed by atoms with Crippen LogP contribution in [-0.4, -0.2) is 21.2 Å². The first-order valence-corrected chi connectivity index (χ1v) is 5.78. The van der Waals surface area contributed by atoms with Gasteiger partial charge >= 0.3 is 5.97 Å². The highest BCUT2D eigenvalue weighted by atomic mass is 79.9. The zero-order valence-electron chi connectivity index (χ0n) is 9.38. The van der Waals surface area contributed by atoms with Crippen LogP contribution in [0.4, 0.5) is 0 Å². The molecule has 0 radical (unpaired) electrons. The van der Waals surface area contributed by atoms with E-state index in [1.807, 2.05) is 0 Å². The van der Waals surface area contributed by atoms with Crippen LogP contribution < -0.4 is 4.74 Å². The molecule has 0 spiro atoms. The Balaban J connectivity index is 2.28. The number of carboxylic acids is 1. The first kappa shape index (κ1) is 12.6. The maximum absolute atomic E-state index is 11.1.